The fourth-order valence-electron chi connectivity index (χ4n) is 2.51. The smallest absolute Gasteiger partial charge is 0.410 e. The SMILES string of the molecule is CCNC(=NCCC(C)N(C)C(=O)OC(C)(C)C)N(C)Cc1cccn1C.I. The number of aromatic nitrogens is 1. The monoisotopic (exact) mass is 507 g/mol. The summed E-state index contributed by atoms with van der Waals surface area (Å²) in [5.41, 5.74) is 0.738. The van der Waals surface area contributed by atoms with E-state index < -0.39 is 5.60 Å². The number of carbonyl (C=O) groups is 1. The van der Waals surface area contributed by atoms with E-state index in [2.05, 4.69) is 27.8 Å². The predicted molar refractivity (Wildman–Crippen MR) is 126 cm³/mol. The Labute approximate surface area is 187 Å². The topological polar surface area (TPSA) is 62.1 Å². The predicted octanol–water partition coefficient (Wildman–Crippen LogP) is 3.69. The van der Waals surface area contributed by atoms with E-state index >= 15 is 0 Å². The quantitative estimate of drug-likeness (QED) is 0.348. The number of rotatable bonds is 7. The third-order valence-electron chi connectivity index (χ3n) is 4.30. The summed E-state index contributed by atoms with van der Waals surface area (Å²) in [7, 11) is 5.85. The van der Waals surface area contributed by atoms with Gasteiger partial charge in [0.2, 0.25) is 0 Å². The second-order valence-corrected chi connectivity index (χ2v) is 7.93. The van der Waals surface area contributed by atoms with Gasteiger partial charge in [-0.15, -0.1) is 24.0 Å². The molecular weight excluding hydrogens is 469 g/mol. The lowest BCUT2D eigenvalue weighted by Crippen LogP contribution is -2.40. The van der Waals surface area contributed by atoms with Crippen LogP contribution >= 0.6 is 24.0 Å². The van der Waals surface area contributed by atoms with Crippen LogP contribution in [-0.2, 0) is 18.3 Å². The van der Waals surface area contributed by atoms with Gasteiger partial charge in [0.1, 0.15) is 5.60 Å². The molecule has 28 heavy (non-hydrogen) atoms. The van der Waals surface area contributed by atoms with Gasteiger partial charge in [-0.2, -0.15) is 0 Å². The summed E-state index contributed by atoms with van der Waals surface area (Å²) in [6.07, 6.45) is 2.51. The lowest BCUT2D eigenvalue weighted by atomic mass is 10.2. The average Bonchev–Trinajstić information content (AvgIpc) is 2.96. The van der Waals surface area contributed by atoms with E-state index in [9.17, 15) is 4.79 Å². The van der Waals surface area contributed by atoms with E-state index in [0.717, 1.165) is 25.5 Å². The van der Waals surface area contributed by atoms with Gasteiger partial charge in [0.05, 0.1) is 6.54 Å². The van der Waals surface area contributed by atoms with Crippen LogP contribution in [0.15, 0.2) is 23.3 Å². The molecule has 0 aliphatic rings. The van der Waals surface area contributed by atoms with Gasteiger partial charge in [0.15, 0.2) is 5.96 Å². The molecule has 0 aliphatic carbocycles. The standard InChI is InChI=1S/C20H37N5O2.HI/c1-9-21-18(24(7)15-17-11-10-14-23(17)6)22-13-12-16(2)25(8)19(26)27-20(3,4)5;/h10-11,14,16H,9,12-13,15H2,1-8H3,(H,21,22);1H. The largest absolute Gasteiger partial charge is 0.444 e. The molecule has 1 amide bonds. The summed E-state index contributed by atoms with van der Waals surface area (Å²) in [5.74, 6) is 0.867. The first kappa shape index (κ1) is 26.6. The van der Waals surface area contributed by atoms with Crippen molar-refractivity contribution >= 4 is 36.0 Å². The molecule has 1 aromatic rings. The van der Waals surface area contributed by atoms with Crippen molar-refractivity contribution in [2.24, 2.45) is 12.0 Å². The van der Waals surface area contributed by atoms with Crippen LogP contribution in [0.1, 0.15) is 46.7 Å². The van der Waals surface area contributed by atoms with Crippen LogP contribution in [0.4, 0.5) is 4.79 Å². The molecule has 8 heteroatoms. The molecule has 0 saturated carbocycles. The summed E-state index contributed by atoms with van der Waals surface area (Å²) in [5, 5.41) is 3.33. The zero-order valence-corrected chi connectivity index (χ0v) is 21.0. The first-order valence-electron chi connectivity index (χ1n) is 9.60. The maximum Gasteiger partial charge on any atom is 0.410 e. The number of aliphatic imine (C=N–C) groups is 1. The van der Waals surface area contributed by atoms with E-state index in [1.165, 1.54) is 5.69 Å². The minimum Gasteiger partial charge on any atom is -0.444 e. The zero-order chi connectivity index (χ0) is 20.6. The van der Waals surface area contributed by atoms with Crippen LogP contribution in [0.25, 0.3) is 0 Å². The van der Waals surface area contributed by atoms with Gasteiger partial charge in [-0.25, -0.2) is 4.79 Å². The van der Waals surface area contributed by atoms with Gasteiger partial charge >= 0.3 is 6.09 Å². The minimum absolute atomic E-state index is 0. The summed E-state index contributed by atoms with van der Waals surface area (Å²) in [6, 6.07) is 4.20. The van der Waals surface area contributed by atoms with Gasteiger partial charge in [-0.05, 0) is 53.2 Å². The number of hydrogen-bond acceptors (Lipinski definition) is 3. The molecule has 0 aromatic carbocycles. The number of guanidine groups is 1. The van der Waals surface area contributed by atoms with E-state index in [1.54, 1.807) is 11.9 Å². The van der Waals surface area contributed by atoms with Crippen LogP contribution in [0, 0.1) is 0 Å². The van der Waals surface area contributed by atoms with Crippen molar-refractivity contribution in [3.63, 3.8) is 0 Å². The molecule has 0 radical (unpaired) electrons. The number of aryl methyl sites for hydroxylation is 1. The van der Waals surface area contributed by atoms with Crippen molar-refractivity contribution in [3.8, 4) is 0 Å². The Kier molecular flexibility index (Phi) is 11.6. The highest BCUT2D eigenvalue weighted by Crippen LogP contribution is 2.12. The number of hydrogen-bond donors (Lipinski definition) is 1. The van der Waals surface area contributed by atoms with E-state index in [-0.39, 0.29) is 36.1 Å². The van der Waals surface area contributed by atoms with Crippen molar-refractivity contribution in [1.82, 2.24) is 19.7 Å². The van der Waals surface area contributed by atoms with Crippen molar-refractivity contribution in [2.45, 2.75) is 59.2 Å². The Bertz CT molecular complexity index is 624. The van der Waals surface area contributed by atoms with Crippen molar-refractivity contribution in [3.05, 3.63) is 24.0 Å². The second kappa shape index (κ2) is 12.2. The molecule has 0 fully saturated rings. The maximum atomic E-state index is 12.2. The van der Waals surface area contributed by atoms with E-state index in [1.807, 2.05) is 54.1 Å². The van der Waals surface area contributed by atoms with E-state index in [4.69, 9.17) is 9.73 Å². The Morgan fingerprint density at radius 3 is 2.50 bits per heavy atom. The Morgan fingerprint density at radius 2 is 2.00 bits per heavy atom. The fraction of sp³-hybridized carbons (Fsp3) is 0.700. The van der Waals surface area contributed by atoms with Crippen LogP contribution in [0.5, 0.6) is 0 Å². The molecule has 1 aromatic heterocycles. The molecule has 162 valence electrons. The van der Waals surface area contributed by atoms with Gasteiger partial charge in [0.25, 0.3) is 0 Å². The average molecular weight is 507 g/mol. The number of carbonyl (C=O) groups excluding carboxylic acids is 1. The first-order valence-corrected chi connectivity index (χ1v) is 9.60. The number of amides is 1. The van der Waals surface area contributed by atoms with Gasteiger partial charge in [-0.1, -0.05) is 0 Å². The number of ether oxygens (including phenoxy) is 1. The molecule has 1 N–H and O–H groups in total. The van der Waals surface area contributed by atoms with Crippen LogP contribution < -0.4 is 5.32 Å². The Hall–Kier alpha value is -1.45. The van der Waals surface area contributed by atoms with Gasteiger partial charge < -0.3 is 24.4 Å². The highest BCUT2D eigenvalue weighted by Gasteiger charge is 2.22. The lowest BCUT2D eigenvalue weighted by molar-refractivity contribution is 0.0231. The first-order chi connectivity index (χ1) is 12.5. The summed E-state index contributed by atoms with van der Waals surface area (Å²) in [4.78, 5) is 20.6. The molecule has 1 heterocycles. The van der Waals surface area contributed by atoms with Crippen molar-refractivity contribution in [1.29, 1.82) is 0 Å². The molecule has 0 aliphatic heterocycles. The number of nitrogens with zero attached hydrogens (tertiary/aromatic N) is 4. The molecule has 1 unspecified atom stereocenters. The molecule has 7 nitrogen and oxygen atoms in total. The van der Waals surface area contributed by atoms with Gasteiger partial charge in [0, 0.05) is 52.2 Å². The highest BCUT2D eigenvalue weighted by atomic mass is 127. The lowest BCUT2D eigenvalue weighted by Gasteiger charge is -2.28. The third kappa shape index (κ3) is 9.16. The Balaban J connectivity index is 0.00000729. The fourth-order valence-corrected chi connectivity index (χ4v) is 2.51. The Morgan fingerprint density at radius 1 is 1.36 bits per heavy atom. The number of halogens is 1. The molecule has 0 bridgehead atoms. The molecular formula is C20H38IN5O2. The van der Waals surface area contributed by atoms with E-state index in [0.29, 0.717) is 6.54 Å². The van der Waals surface area contributed by atoms with Crippen molar-refractivity contribution in [2.75, 3.05) is 27.2 Å². The van der Waals surface area contributed by atoms with Crippen LogP contribution in [0.2, 0.25) is 0 Å². The molecule has 1 rings (SSSR count). The summed E-state index contributed by atoms with van der Waals surface area (Å²) >= 11 is 0. The van der Waals surface area contributed by atoms with Crippen LogP contribution in [-0.4, -0.2) is 65.2 Å². The minimum atomic E-state index is -0.485. The second-order valence-electron chi connectivity index (χ2n) is 7.93. The third-order valence-corrected chi connectivity index (χ3v) is 4.30. The maximum absolute atomic E-state index is 12.2. The molecule has 1 atom stereocenters. The molecule has 0 spiro atoms. The van der Waals surface area contributed by atoms with Crippen molar-refractivity contribution < 1.29 is 9.53 Å². The van der Waals surface area contributed by atoms with Gasteiger partial charge in [-0.3, -0.25) is 4.99 Å². The highest BCUT2D eigenvalue weighted by molar-refractivity contribution is 14.0. The normalized spacial score (nSPS) is 12.8. The number of nitrogens with one attached hydrogen (secondary N) is 1. The summed E-state index contributed by atoms with van der Waals surface area (Å²) in [6.45, 7) is 11.9. The summed E-state index contributed by atoms with van der Waals surface area (Å²) < 4.78 is 7.53. The molecule has 0 saturated heterocycles. The zero-order valence-electron chi connectivity index (χ0n) is 18.7. The van der Waals surface area contributed by atoms with Crippen LogP contribution in [0.3, 0.4) is 0 Å².